The number of pyridine rings is 1. The fraction of sp³-hybridized carbons (Fsp3) is 0.462. The summed E-state index contributed by atoms with van der Waals surface area (Å²) in [6.07, 6.45) is 6.57. The van der Waals surface area contributed by atoms with E-state index in [4.69, 9.17) is 10.7 Å². The number of nitrogens with one attached hydrogen (secondary N) is 1. The molecule has 17 heavy (non-hydrogen) atoms. The van der Waals surface area contributed by atoms with Gasteiger partial charge in [-0.05, 0) is 32.0 Å². The van der Waals surface area contributed by atoms with Gasteiger partial charge in [0.05, 0.1) is 5.69 Å². The van der Waals surface area contributed by atoms with Crippen LogP contribution in [0.1, 0.15) is 30.0 Å². The molecular formula is C13H18N4. The van der Waals surface area contributed by atoms with Gasteiger partial charge in [0.1, 0.15) is 5.65 Å². The van der Waals surface area contributed by atoms with Gasteiger partial charge in [0.2, 0.25) is 0 Å². The van der Waals surface area contributed by atoms with Crippen molar-refractivity contribution >= 4 is 5.65 Å². The molecule has 0 saturated carbocycles. The van der Waals surface area contributed by atoms with E-state index in [2.05, 4.69) is 22.0 Å². The minimum absolute atomic E-state index is 0.549. The zero-order chi connectivity index (χ0) is 11.7. The van der Waals surface area contributed by atoms with Gasteiger partial charge in [-0.2, -0.15) is 0 Å². The second-order valence-electron chi connectivity index (χ2n) is 4.66. The zero-order valence-corrected chi connectivity index (χ0v) is 9.89. The van der Waals surface area contributed by atoms with E-state index in [0.29, 0.717) is 12.5 Å². The first kappa shape index (κ1) is 10.7. The van der Waals surface area contributed by atoms with E-state index in [1.54, 1.807) is 0 Å². The average Bonchev–Trinajstić information content (AvgIpc) is 2.83. The topological polar surface area (TPSA) is 55.4 Å². The van der Waals surface area contributed by atoms with E-state index >= 15 is 0 Å². The third-order valence-electron chi connectivity index (χ3n) is 3.56. The van der Waals surface area contributed by atoms with E-state index in [-0.39, 0.29) is 0 Å². The van der Waals surface area contributed by atoms with Crippen molar-refractivity contribution in [3.63, 3.8) is 0 Å². The SMILES string of the molecule is NCc1cccn2cc(C3CCNCC3)nc12. The van der Waals surface area contributed by atoms with Gasteiger partial charge in [0.25, 0.3) is 0 Å². The molecule has 1 saturated heterocycles. The third-order valence-corrected chi connectivity index (χ3v) is 3.56. The van der Waals surface area contributed by atoms with E-state index < -0.39 is 0 Å². The highest BCUT2D eigenvalue weighted by Crippen LogP contribution is 2.25. The Hall–Kier alpha value is -1.39. The lowest BCUT2D eigenvalue weighted by molar-refractivity contribution is 0.454. The molecule has 1 fully saturated rings. The Morgan fingerprint density at radius 1 is 1.41 bits per heavy atom. The predicted octanol–water partition coefficient (Wildman–Crippen LogP) is 1.26. The Bertz CT molecular complexity index is 511. The first-order valence-corrected chi connectivity index (χ1v) is 6.26. The number of imidazole rings is 1. The number of nitrogens with zero attached hydrogens (tertiary/aromatic N) is 2. The molecule has 1 aliphatic heterocycles. The molecule has 90 valence electrons. The highest BCUT2D eigenvalue weighted by molar-refractivity contribution is 5.49. The molecule has 3 N–H and O–H groups in total. The Balaban J connectivity index is 2.00. The van der Waals surface area contributed by atoms with Gasteiger partial charge in [-0.25, -0.2) is 4.98 Å². The molecule has 0 atom stereocenters. The Morgan fingerprint density at radius 2 is 2.24 bits per heavy atom. The molecule has 0 amide bonds. The van der Waals surface area contributed by atoms with Crippen LogP contribution in [0, 0.1) is 0 Å². The van der Waals surface area contributed by atoms with Crippen molar-refractivity contribution in [1.82, 2.24) is 14.7 Å². The number of fused-ring (bicyclic) bond motifs is 1. The van der Waals surface area contributed by atoms with Gasteiger partial charge in [-0.15, -0.1) is 0 Å². The van der Waals surface area contributed by atoms with E-state index in [9.17, 15) is 0 Å². The molecule has 0 unspecified atom stereocenters. The van der Waals surface area contributed by atoms with Crippen molar-refractivity contribution in [2.24, 2.45) is 5.73 Å². The maximum absolute atomic E-state index is 5.74. The van der Waals surface area contributed by atoms with Crippen LogP contribution < -0.4 is 11.1 Å². The maximum atomic E-state index is 5.74. The summed E-state index contributed by atoms with van der Waals surface area (Å²) >= 11 is 0. The number of aromatic nitrogens is 2. The van der Waals surface area contributed by atoms with Gasteiger partial charge in [0, 0.05) is 30.4 Å². The van der Waals surface area contributed by atoms with Crippen LogP contribution in [-0.4, -0.2) is 22.5 Å². The minimum Gasteiger partial charge on any atom is -0.326 e. The van der Waals surface area contributed by atoms with Crippen LogP contribution in [0.15, 0.2) is 24.5 Å². The normalized spacial score (nSPS) is 17.7. The molecule has 2 aromatic heterocycles. The maximum Gasteiger partial charge on any atom is 0.141 e. The van der Waals surface area contributed by atoms with Crippen molar-refractivity contribution in [1.29, 1.82) is 0 Å². The van der Waals surface area contributed by atoms with Gasteiger partial charge >= 0.3 is 0 Å². The van der Waals surface area contributed by atoms with Crippen LogP contribution in [0.5, 0.6) is 0 Å². The molecule has 3 rings (SSSR count). The van der Waals surface area contributed by atoms with Gasteiger partial charge in [-0.1, -0.05) is 6.07 Å². The first-order valence-electron chi connectivity index (χ1n) is 6.26. The number of rotatable bonds is 2. The number of piperidine rings is 1. The monoisotopic (exact) mass is 230 g/mol. The minimum atomic E-state index is 0.549. The van der Waals surface area contributed by atoms with Crippen LogP contribution in [0.25, 0.3) is 5.65 Å². The van der Waals surface area contributed by atoms with Gasteiger partial charge < -0.3 is 15.5 Å². The molecule has 0 spiro atoms. The fourth-order valence-corrected chi connectivity index (χ4v) is 2.56. The summed E-state index contributed by atoms with van der Waals surface area (Å²) in [6.45, 7) is 2.75. The van der Waals surface area contributed by atoms with E-state index in [1.165, 1.54) is 18.5 Å². The lowest BCUT2D eigenvalue weighted by Gasteiger charge is -2.20. The Kier molecular flexibility index (Phi) is 2.82. The van der Waals surface area contributed by atoms with Crippen LogP contribution in [0.3, 0.4) is 0 Å². The predicted molar refractivity (Wildman–Crippen MR) is 67.9 cm³/mol. The fourth-order valence-electron chi connectivity index (χ4n) is 2.56. The summed E-state index contributed by atoms with van der Waals surface area (Å²) < 4.78 is 2.10. The van der Waals surface area contributed by atoms with Crippen LogP contribution >= 0.6 is 0 Å². The van der Waals surface area contributed by atoms with Crippen LogP contribution in [0.2, 0.25) is 0 Å². The molecule has 0 aromatic carbocycles. The zero-order valence-electron chi connectivity index (χ0n) is 9.89. The number of hydrogen-bond donors (Lipinski definition) is 2. The Morgan fingerprint density at radius 3 is 3.00 bits per heavy atom. The smallest absolute Gasteiger partial charge is 0.141 e. The summed E-state index contributed by atoms with van der Waals surface area (Å²) in [7, 11) is 0. The van der Waals surface area contributed by atoms with E-state index in [1.807, 2.05) is 12.3 Å². The molecule has 1 aliphatic rings. The van der Waals surface area contributed by atoms with E-state index in [0.717, 1.165) is 24.3 Å². The van der Waals surface area contributed by atoms with Gasteiger partial charge in [0.15, 0.2) is 0 Å². The van der Waals surface area contributed by atoms with Crippen molar-refractivity contribution < 1.29 is 0 Å². The summed E-state index contributed by atoms with van der Waals surface area (Å²) in [5, 5.41) is 3.39. The van der Waals surface area contributed by atoms with Crippen molar-refractivity contribution in [3.05, 3.63) is 35.8 Å². The molecule has 4 nitrogen and oxygen atoms in total. The molecule has 0 radical (unpaired) electrons. The number of hydrogen-bond acceptors (Lipinski definition) is 3. The summed E-state index contributed by atoms with van der Waals surface area (Å²) in [5.74, 6) is 0.599. The third kappa shape index (κ3) is 1.94. The van der Waals surface area contributed by atoms with Gasteiger partial charge in [-0.3, -0.25) is 0 Å². The quantitative estimate of drug-likeness (QED) is 0.816. The van der Waals surface area contributed by atoms with Crippen molar-refractivity contribution in [2.45, 2.75) is 25.3 Å². The largest absolute Gasteiger partial charge is 0.326 e. The lowest BCUT2D eigenvalue weighted by Crippen LogP contribution is -2.26. The highest BCUT2D eigenvalue weighted by atomic mass is 15.0. The number of nitrogens with two attached hydrogens (primary N) is 1. The lowest BCUT2D eigenvalue weighted by atomic mass is 9.95. The van der Waals surface area contributed by atoms with Crippen molar-refractivity contribution in [3.8, 4) is 0 Å². The summed E-state index contributed by atoms with van der Waals surface area (Å²) in [5.41, 5.74) is 9.09. The van der Waals surface area contributed by atoms with Crippen LogP contribution in [0.4, 0.5) is 0 Å². The molecule has 0 bridgehead atoms. The molecular weight excluding hydrogens is 212 g/mol. The average molecular weight is 230 g/mol. The molecule has 0 aliphatic carbocycles. The second-order valence-corrected chi connectivity index (χ2v) is 4.66. The molecule has 2 aromatic rings. The summed E-state index contributed by atoms with van der Waals surface area (Å²) in [6, 6.07) is 4.08. The highest BCUT2D eigenvalue weighted by Gasteiger charge is 2.18. The molecule has 3 heterocycles. The molecule has 4 heteroatoms. The first-order chi connectivity index (χ1) is 8.38. The standard InChI is InChI=1S/C13H18N4/c14-8-11-2-1-7-17-9-12(16-13(11)17)10-3-5-15-6-4-10/h1-2,7,9-10,15H,3-6,8,14H2. The van der Waals surface area contributed by atoms with Crippen LogP contribution in [-0.2, 0) is 6.54 Å². The summed E-state index contributed by atoms with van der Waals surface area (Å²) in [4.78, 5) is 4.76. The second kappa shape index (κ2) is 4.47. The van der Waals surface area contributed by atoms with Crippen molar-refractivity contribution in [2.75, 3.05) is 13.1 Å². The Labute approximate surface area is 101 Å².